The summed E-state index contributed by atoms with van der Waals surface area (Å²) in [6, 6.07) is 5.84. The fraction of sp³-hybridized carbons (Fsp3) is 0.571. The van der Waals surface area contributed by atoms with Crippen LogP contribution in [0.3, 0.4) is 0 Å². The van der Waals surface area contributed by atoms with E-state index in [1.54, 1.807) is 0 Å². The molecule has 0 aliphatic rings. The second kappa shape index (κ2) is 6.27. The van der Waals surface area contributed by atoms with Crippen molar-refractivity contribution in [3.05, 3.63) is 28.8 Å². The summed E-state index contributed by atoms with van der Waals surface area (Å²) in [5.74, 6) is 0.774. The predicted molar refractivity (Wildman–Crippen MR) is 74.0 cm³/mol. The minimum atomic E-state index is 0.100. The molecule has 0 saturated carbocycles. The lowest BCUT2D eigenvalue weighted by Gasteiger charge is -2.25. The number of hydrogen-bond acceptors (Lipinski definition) is 2. The molecule has 1 rings (SSSR count). The molecule has 1 N–H and O–H groups in total. The summed E-state index contributed by atoms with van der Waals surface area (Å²) in [4.78, 5) is 0. The molecule has 0 heterocycles. The van der Waals surface area contributed by atoms with Crippen LogP contribution in [0.5, 0.6) is 5.75 Å². The highest BCUT2D eigenvalue weighted by molar-refractivity contribution is 6.32. The van der Waals surface area contributed by atoms with Crippen molar-refractivity contribution in [1.82, 2.24) is 5.32 Å². The van der Waals surface area contributed by atoms with Gasteiger partial charge >= 0.3 is 0 Å². The van der Waals surface area contributed by atoms with Gasteiger partial charge in [-0.1, -0.05) is 38.4 Å². The van der Waals surface area contributed by atoms with Gasteiger partial charge in [0.25, 0.3) is 0 Å². The molecule has 0 bridgehead atoms. The highest BCUT2D eigenvalue weighted by Gasteiger charge is 2.18. The standard InChI is InChI=1S/C14H22ClNO/c1-5-16-9-14(3,4)10-17-13-8-11(2)6-7-12(13)15/h6-8,16H,5,9-10H2,1-4H3. The van der Waals surface area contributed by atoms with Crippen LogP contribution in [0, 0.1) is 12.3 Å². The maximum absolute atomic E-state index is 6.09. The Morgan fingerprint density at radius 3 is 2.71 bits per heavy atom. The van der Waals surface area contributed by atoms with E-state index in [2.05, 4.69) is 26.1 Å². The fourth-order valence-electron chi connectivity index (χ4n) is 1.51. The molecule has 0 aliphatic carbocycles. The second-order valence-corrected chi connectivity index (χ2v) is 5.57. The molecule has 96 valence electrons. The number of aryl methyl sites for hydroxylation is 1. The zero-order valence-corrected chi connectivity index (χ0v) is 11.9. The van der Waals surface area contributed by atoms with Gasteiger partial charge in [0.2, 0.25) is 0 Å². The topological polar surface area (TPSA) is 21.3 Å². The Labute approximate surface area is 109 Å². The summed E-state index contributed by atoms with van der Waals surface area (Å²) in [6.45, 7) is 11.1. The van der Waals surface area contributed by atoms with Crippen molar-refractivity contribution in [2.75, 3.05) is 19.7 Å². The number of halogens is 1. The summed E-state index contributed by atoms with van der Waals surface area (Å²) >= 11 is 6.09. The summed E-state index contributed by atoms with van der Waals surface area (Å²) < 4.78 is 5.81. The Morgan fingerprint density at radius 1 is 1.35 bits per heavy atom. The summed E-state index contributed by atoms with van der Waals surface area (Å²) in [5.41, 5.74) is 1.26. The Balaban J connectivity index is 2.57. The first-order valence-corrected chi connectivity index (χ1v) is 6.42. The van der Waals surface area contributed by atoms with Gasteiger partial charge in [-0.25, -0.2) is 0 Å². The number of nitrogens with one attached hydrogen (secondary N) is 1. The van der Waals surface area contributed by atoms with Crippen LogP contribution in [0.2, 0.25) is 5.02 Å². The molecule has 0 aromatic heterocycles. The van der Waals surface area contributed by atoms with E-state index in [0.29, 0.717) is 11.6 Å². The highest BCUT2D eigenvalue weighted by Crippen LogP contribution is 2.27. The molecule has 1 aromatic rings. The molecule has 0 aliphatic heterocycles. The van der Waals surface area contributed by atoms with E-state index in [1.807, 2.05) is 25.1 Å². The molecule has 0 amide bonds. The quantitative estimate of drug-likeness (QED) is 0.838. The third-order valence-corrected chi connectivity index (χ3v) is 2.87. The smallest absolute Gasteiger partial charge is 0.138 e. The molecular weight excluding hydrogens is 234 g/mol. The van der Waals surface area contributed by atoms with E-state index >= 15 is 0 Å². The minimum Gasteiger partial charge on any atom is -0.491 e. The Kier molecular flexibility index (Phi) is 5.29. The highest BCUT2D eigenvalue weighted by atomic mass is 35.5. The molecular formula is C14H22ClNO. The first-order chi connectivity index (χ1) is 7.94. The monoisotopic (exact) mass is 255 g/mol. The van der Waals surface area contributed by atoms with Crippen molar-refractivity contribution in [3.8, 4) is 5.75 Å². The molecule has 0 saturated heterocycles. The van der Waals surface area contributed by atoms with E-state index in [9.17, 15) is 0 Å². The van der Waals surface area contributed by atoms with Crippen molar-refractivity contribution in [1.29, 1.82) is 0 Å². The van der Waals surface area contributed by atoms with Crippen LogP contribution >= 0.6 is 11.6 Å². The van der Waals surface area contributed by atoms with E-state index in [0.717, 1.165) is 24.4 Å². The Morgan fingerprint density at radius 2 is 2.06 bits per heavy atom. The SMILES string of the molecule is CCNCC(C)(C)COc1cc(C)ccc1Cl. The lowest BCUT2D eigenvalue weighted by atomic mass is 9.95. The van der Waals surface area contributed by atoms with Gasteiger partial charge in [0.1, 0.15) is 5.75 Å². The van der Waals surface area contributed by atoms with Crippen LogP contribution in [0.25, 0.3) is 0 Å². The van der Waals surface area contributed by atoms with Gasteiger partial charge in [-0.05, 0) is 31.2 Å². The molecule has 0 radical (unpaired) electrons. The number of hydrogen-bond donors (Lipinski definition) is 1. The molecule has 3 heteroatoms. The molecule has 0 unspecified atom stereocenters. The Bertz CT molecular complexity index is 363. The molecule has 17 heavy (non-hydrogen) atoms. The van der Waals surface area contributed by atoms with Crippen LogP contribution in [-0.4, -0.2) is 19.7 Å². The van der Waals surface area contributed by atoms with Crippen LogP contribution in [0.4, 0.5) is 0 Å². The summed E-state index contributed by atoms with van der Waals surface area (Å²) in [5, 5.41) is 4.01. The van der Waals surface area contributed by atoms with Gasteiger partial charge in [0.15, 0.2) is 0 Å². The lowest BCUT2D eigenvalue weighted by Crippen LogP contribution is -2.34. The predicted octanol–water partition coefficient (Wildman–Crippen LogP) is 3.66. The van der Waals surface area contributed by atoms with Gasteiger partial charge in [-0.3, -0.25) is 0 Å². The number of benzene rings is 1. The van der Waals surface area contributed by atoms with Crippen molar-refractivity contribution < 1.29 is 4.74 Å². The average Bonchev–Trinajstić information content (AvgIpc) is 2.28. The zero-order valence-electron chi connectivity index (χ0n) is 11.1. The van der Waals surface area contributed by atoms with Gasteiger partial charge < -0.3 is 10.1 Å². The molecule has 0 atom stereocenters. The van der Waals surface area contributed by atoms with E-state index in [-0.39, 0.29) is 5.41 Å². The maximum Gasteiger partial charge on any atom is 0.138 e. The number of ether oxygens (including phenoxy) is 1. The molecule has 2 nitrogen and oxygen atoms in total. The third-order valence-electron chi connectivity index (χ3n) is 2.56. The Hall–Kier alpha value is -0.730. The van der Waals surface area contributed by atoms with Crippen LogP contribution in [0.15, 0.2) is 18.2 Å². The van der Waals surface area contributed by atoms with E-state index < -0.39 is 0 Å². The zero-order chi connectivity index (χ0) is 12.9. The van der Waals surface area contributed by atoms with Crippen LogP contribution in [0.1, 0.15) is 26.3 Å². The fourth-order valence-corrected chi connectivity index (χ4v) is 1.68. The molecule has 0 spiro atoms. The first kappa shape index (κ1) is 14.3. The molecule has 1 aromatic carbocycles. The van der Waals surface area contributed by atoms with Gasteiger partial charge in [0.05, 0.1) is 11.6 Å². The first-order valence-electron chi connectivity index (χ1n) is 6.04. The number of rotatable bonds is 6. The second-order valence-electron chi connectivity index (χ2n) is 5.17. The molecule has 0 fully saturated rings. The van der Waals surface area contributed by atoms with Crippen molar-refractivity contribution in [2.45, 2.75) is 27.7 Å². The largest absolute Gasteiger partial charge is 0.491 e. The van der Waals surface area contributed by atoms with Gasteiger partial charge in [-0.2, -0.15) is 0 Å². The van der Waals surface area contributed by atoms with Crippen molar-refractivity contribution in [3.63, 3.8) is 0 Å². The summed E-state index contributed by atoms with van der Waals surface area (Å²) in [7, 11) is 0. The van der Waals surface area contributed by atoms with E-state index in [1.165, 1.54) is 0 Å². The lowest BCUT2D eigenvalue weighted by molar-refractivity contribution is 0.177. The van der Waals surface area contributed by atoms with Crippen LogP contribution in [-0.2, 0) is 0 Å². The maximum atomic E-state index is 6.09. The third kappa shape index (κ3) is 4.97. The van der Waals surface area contributed by atoms with Crippen molar-refractivity contribution in [2.24, 2.45) is 5.41 Å². The average molecular weight is 256 g/mol. The van der Waals surface area contributed by atoms with Crippen molar-refractivity contribution >= 4 is 11.6 Å². The normalized spacial score (nSPS) is 11.6. The van der Waals surface area contributed by atoms with E-state index in [4.69, 9.17) is 16.3 Å². The minimum absolute atomic E-state index is 0.100. The van der Waals surface area contributed by atoms with Gasteiger partial charge in [0, 0.05) is 12.0 Å². The van der Waals surface area contributed by atoms with Gasteiger partial charge in [-0.15, -0.1) is 0 Å². The summed E-state index contributed by atoms with van der Waals surface area (Å²) in [6.07, 6.45) is 0. The van der Waals surface area contributed by atoms with Crippen LogP contribution < -0.4 is 10.1 Å².